The van der Waals surface area contributed by atoms with E-state index in [0.29, 0.717) is 5.69 Å². The van der Waals surface area contributed by atoms with Crippen molar-refractivity contribution in [1.82, 2.24) is 5.32 Å². The van der Waals surface area contributed by atoms with Crippen LogP contribution in [0.5, 0.6) is 0 Å². The molecule has 0 aromatic heterocycles. The largest absolute Gasteiger partial charge is 0.371 e. The van der Waals surface area contributed by atoms with Crippen LogP contribution in [0, 0.1) is 26.0 Å². The maximum absolute atomic E-state index is 11.3. The topological polar surface area (TPSA) is 84.3 Å². The number of nitrogens with one attached hydrogen (secondary N) is 2. The summed E-state index contributed by atoms with van der Waals surface area (Å²) in [6.45, 7) is 0.0679. The van der Waals surface area contributed by atoms with Crippen molar-refractivity contribution in [3.05, 3.63) is 31.9 Å². The minimum Gasteiger partial charge on any atom is -0.371 e. The van der Waals surface area contributed by atoms with Crippen molar-refractivity contribution >= 4 is 39.9 Å². The molecule has 0 saturated heterocycles. The van der Waals surface area contributed by atoms with Gasteiger partial charge < -0.3 is 10.6 Å². The quantitative estimate of drug-likeness (QED) is 0.360. The molecule has 1 aromatic rings. The first kappa shape index (κ1) is 14.2. The number of hydrogen-bond acceptors (Lipinski definition) is 4. The highest BCUT2D eigenvalue weighted by molar-refractivity contribution is 14.1. The molecule has 6 nitrogen and oxygen atoms in total. The zero-order valence-corrected chi connectivity index (χ0v) is 11.4. The molecule has 18 heavy (non-hydrogen) atoms. The first-order valence-electron chi connectivity index (χ1n) is 4.92. The van der Waals surface area contributed by atoms with Gasteiger partial charge >= 0.3 is 0 Å². The molecule has 1 rings (SSSR count). The number of carbonyl (C=O) groups is 1. The molecule has 0 aliphatic rings. The van der Waals surface area contributed by atoms with Gasteiger partial charge in [0.05, 0.1) is 18.0 Å². The van der Waals surface area contributed by atoms with Gasteiger partial charge in [0, 0.05) is 9.64 Å². The lowest BCUT2D eigenvalue weighted by atomic mass is 10.2. The normalized spacial score (nSPS) is 9.33. The SMILES string of the molecule is C#CCNC(=O)CNc1ccc(I)cc1[N+](=O)[O-]. The fourth-order valence-corrected chi connectivity index (χ4v) is 1.67. The second-order valence-electron chi connectivity index (χ2n) is 3.25. The molecule has 2 N–H and O–H groups in total. The number of amides is 1. The molecule has 0 spiro atoms. The second-order valence-corrected chi connectivity index (χ2v) is 4.50. The summed E-state index contributed by atoms with van der Waals surface area (Å²) >= 11 is 1.98. The molecule has 0 heterocycles. The molecule has 0 unspecified atom stereocenters. The Balaban J connectivity index is 2.70. The van der Waals surface area contributed by atoms with Crippen LogP contribution in [0.15, 0.2) is 18.2 Å². The number of carbonyl (C=O) groups excluding carboxylic acids is 1. The van der Waals surface area contributed by atoms with E-state index in [9.17, 15) is 14.9 Å². The Kier molecular flexibility index (Phi) is 5.38. The van der Waals surface area contributed by atoms with Crippen molar-refractivity contribution in [3.8, 4) is 12.3 Å². The van der Waals surface area contributed by atoms with E-state index in [0.717, 1.165) is 3.57 Å². The van der Waals surface area contributed by atoms with Crippen molar-refractivity contribution in [2.45, 2.75) is 0 Å². The first-order valence-corrected chi connectivity index (χ1v) is 6.00. The van der Waals surface area contributed by atoms with Crippen LogP contribution in [-0.4, -0.2) is 23.9 Å². The molecule has 0 bridgehead atoms. The Hall–Kier alpha value is -1.82. The lowest BCUT2D eigenvalue weighted by Crippen LogP contribution is -2.30. The molecule has 0 aliphatic carbocycles. The average molecular weight is 359 g/mol. The predicted octanol–water partition coefficient (Wildman–Crippen LogP) is 1.36. The summed E-state index contributed by atoms with van der Waals surface area (Å²) in [6, 6.07) is 4.71. The third kappa shape index (κ3) is 4.21. The van der Waals surface area contributed by atoms with E-state index in [-0.39, 0.29) is 24.7 Å². The van der Waals surface area contributed by atoms with Crippen LogP contribution >= 0.6 is 22.6 Å². The van der Waals surface area contributed by atoms with E-state index in [4.69, 9.17) is 6.42 Å². The van der Waals surface area contributed by atoms with Gasteiger partial charge in [-0.2, -0.15) is 0 Å². The van der Waals surface area contributed by atoms with Crippen LogP contribution in [0.25, 0.3) is 0 Å². The third-order valence-electron chi connectivity index (χ3n) is 1.98. The highest BCUT2D eigenvalue weighted by Crippen LogP contribution is 2.25. The lowest BCUT2D eigenvalue weighted by molar-refractivity contribution is -0.384. The van der Waals surface area contributed by atoms with E-state index < -0.39 is 4.92 Å². The monoisotopic (exact) mass is 359 g/mol. The molecule has 0 saturated carbocycles. The summed E-state index contributed by atoms with van der Waals surface area (Å²) in [5, 5.41) is 16.0. The lowest BCUT2D eigenvalue weighted by Gasteiger charge is -2.07. The number of terminal acetylenes is 1. The molecule has 0 radical (unpaired) electrons. The Morgan fingerprint density at radius 2 is 2.28 bits per heavy atom. The predicted molar refractivity (Wildman–Crippen MR) is 76.1 cm³/mol. The van der Waals surface area contributed by atoms with E-state index in [1.165, 1.54) is 6.07 Å². The average Bonchev–Trinajstić information content (AvgIpc) is 2.34. The highest BCUT2D eigenvalue weighted by atomic mass is 127. The minimum absolute atomic E-state index is 0.0633. The van der Waals surface area contributed by atoms with Gasteiger partial charge in [-0.15, -0.1) is 6.42 Å². The Morgan fingerprint density at radius 1 is 1.56 bits per heavy atom. The van der Waals surface area contributed by atoms with Gasteiger partial charge in [-0.25, -0.2) is 0 Å². The van der Waals surface area contributed by atoms with Crippen LogP contribution in [0.3, 0.4) is 0 Å². The molecular formula is C11H10IN3O3. The maximum atomic E-state index is 11.3. The van der Waals surface area contributed by atoms with Crippen LogP contribution in [-0.2, 0) is 4.79 Å². The molecule has 0 aliphatic heterocycles. The summed E-state index contributed by atoms with van der Waals surface area (Å²) in [4.78, 5) is 21.6. The van der Waals surface area contributed by atoms with Crippen molar-refractivity contribution in [3.63, 3.8) is 0 Å². The molecule has 1 amide bonds. The fraction of sp³-hybridized carbons (Fsp3) is 0.182. The van der Waals surface area contributed by atoms with Gasteiger partial charge in [0.25, 0.3) is 5.69 Å². The van der Waals surface area contributed by atoms with E-state index in [1.807, 2.05) is 22.6 Å². The van der Waals surface area contributed by atoms with Crippen LogP contribution in [0.4, 0.5) is 11.4 Å². The number of hydrogen-bond donors (Lipinski definition) is 2. The molecule has 0 fully saturated rings. The zero-order chi connectivity index (χ0) is 13.5. The minimum atomic E-state index is -0.496. The summed E-state index contributed by atoms with van der Waals surface area (Å²) in [5.74, 6) is 1.95. The molecule has 7 heteroatoms. The zero-order valence-electron chi connectivity index (χ0n) is 9.27. The van der Waals surface area contributed by atoms with E-state index in [2.05, 4.69) is 16.6 Å². The fourth-order valence-electron chi connectivity index (χ4n) is 1.19. The number of nitrogens with zero attached hydrogens (tertiary/aromatic N) is 1. The summed E-state index contributed by atoms with van der Waals surface area (Å²) in [7, 11) is 0. The molecule has 1 aromatic carbocycles. The molecule has 94 valence electrons. The van der Waals surface area contributed by atoms with E-state index >= 15 is 0 Å². The number of anilines is 1. The number of benzene rings is 1. The second kappa shape index (κ2) is 6.80. The number of nitro groups is 1. The van der Waals surface area contributed by atoms with E-state index in [1.54, 1.807) is 12.1 Å². The number of nitro benzene ring substituents is 1. The van der Waals surface area contributed by atoms with Gasteiger partial charge in [0.15, 0.2) is 0 Å². The Bertz CT molecular complexity index is 511. The molecule has 0 atom stereocenters. The van der Waals surface area contributed by atoms with Gasteiger partial charge in [0.2, 0.25) is 5.91 Å². The number of rotatable bonds is 5. The maximum Gasteiger partial charge on any atom is 0.293 e. The van der Waals surface area contributed by atoms with Crippen molar-refractivity contribution in [2.75, 3.05) is 18.4 Å². The van der Waals surface area contributed by atoms with Crippen molar-refractivity contribution in [2.24, 2.45) is 0 Å². The number of halogens is 1. The first-order chi connectivity index (χ1) is 8.54. The summed E-state index contributed by atoms with van der Waals surface area (Å²) in [5.41, 5.74) is 0.239. The Labute approximate surface area is 117 Å². The van der Waals surface area contributed by atoms with Gasteiger partial charge in [-0.05, 0) is 34.7 Å². The third-order valence-corrected chi connectivity index (χ3v) is 2.65. The Morgan fingerprint density at radius 3 is 2.89 bits per heavy atom. The van der Waals surface area contributed by atoms with Gasteiger partial charge in [0.1, 0.15) is 5.69 Å². The van der Waals surface area contributed by atoms with Crippen molar-refractivity contribution < 1.29 is 9.72 Å². The standard InChI is InChI=1S/C11H10IN3O3/c1-2-5-13-11(16)7-14-9-4-3-8(12)6-10(9)15(17)18/h1,3-4,6,14H,5,7H2,(H,13,16). The highest BCUT2D eigenvalue weighted by Gasteiger charge is 2.14. The van der Waals surface area contributed by atoms with Crippen LogP contribution < -0.4 is 10.6 Å². The van der Waals surface area contributed by atoms with Crippen LogP contribution in [0.1, 0.15) is 0 Å². The van der Waals surface area contributed by atoms with Gasteiger partial charge in [-0.3, -0.25) is 14.9 Å². The smallest absolute Gasteiger partial charge is 0.293 e. The molecular weight excluding hydrogens is 349 g/mol. The summed E-state index contributed by atoms with van der Waals surface area (Å²) < 4.78 is 0.752. The van der Waals surface area contributed by atoms with Crippen molar-refractivity contribution in [1.29, 1.82) is 0 Å². The van der Waals surface area contributed by atoms with Gasteiger partial charge in [-0.1, -0.05) is 5.92 Å². The summed E-state index contributed by atoms with van der Waals surface area (Å²) in [6.07, 6.45) is 4.99. The van der Waals surface area contributed by atoms with Crippen LogP contribution in [0.2, 0.25) is 0 Å².